The van der Waals surface area contributed by atoms with E-state index in [1.54, 1.807) is 13.3 Å². The predicted octanol–water partition coefficient (Wildman–Crippen LogP) is 3.98. The number of aromatic nitrogens is 1. The van der Waals surface area contributed by atoms with Gasteiger partial charge in [0, 0.05) is 30.8 Å². The molecule has 0 amide bonds. The van der Waals surface area contributed by atoms with Crippen molar-refractivity contribution in [1.29, 1.82) is 0 Å². The maximum atomic E-state index is 6.49. The first kappa shape index (κ1) is 19.6. The van der Waals surface area contributed by atoms with Crippen LogP contribution in [0.2, 0.25) is 0 Å². The highest BCUT2D eigenvalue weighted by Gasteiger charge is 2.43. The van der Waals surface area contributed by atoms with Gasteiger partial charge in [0.25, 0.3) is 0 Å². The number of nitrogens with zero attached hydrogens (tertiary/aromatic N) is 2. The van der Waals surface area contributed by atoms with E-state index in [0.29, 0.717) is 12.4 Å². The summed E-state index contributed by atoms with van der Waals surface area (Å²) in [5, 5.41) is 7.06. The van der Waals surface area contributed by atoms with E-state index in [2.05, 4.69) is 46.8 Å². The topological polar surface area (TPSA) is 67.8 Å². The summed E-state index contributed by atoms with van der Waals surface area (Å²) in [5.41, 5.74) is 2.23. The Kier molecular flexibility index (Phi) is 5.88. The van der Waals surface area contributed by atoms with Crippen molar-refractivity contribution in [2.45, 2.75) is 57.2 Å². The number of rotatable bonds is 5. The molecule has 1 saturated carbocycles. The number of para-hydroxylation sites is 1. The molecule has 1 aromatic heterocycles. The van der Waals surface area contributed by atoms with E-state index in [0.717, 1.165) is 43.1 Å². The lowest BCUT2D eigenvalue weighted by molar-refractivity contribution is 0.0396. The molecule has 1 fully saturated rings. The standard InChI is InChI=1S/C23H30N4O2/c1-3-24-22(26-16-17-10-13-25-21(14-17)28-2)27-19-15-23(11-6-7-12-23)29-20-9-5-4-8-18(19)20/h4-5,8-10,13-14,19H,3,6-7,11-12,15-16H2,1-2H3,(H2,24,26,27). The first-order valence-electron chi connectivity index (χ1n) is 10.5. The summed E-state index contributed by atoms with van der Waals surface area (Å²) in [7, 11) is 1.63. The second-order valence-corrected chi connectivity index (χ2v) is 7.83. The van der Waals surface area contributed by atoms with Gasteiger partial charge in [0.05, 0.1) is 19.7 Å². The molecule has 2 heterocycles. The summed E-state index contributed by atoms with van der Waals surface area (Å²) in [6.45, 7) is 3.45. The molecule has 4 rings (SSSR count). The molecule has 1 aromatic carbocycles. The van der Waals surface area contributed by atoms with E-state index in [-0.39, 0.29) is 11.6 Å². The van der Waals surface area contributed by atoms with Crippen molar-refractivity contribution in [3.05, 3.63) is 53.7 Å². The largest absolute Gasteiger partial charge is 0.487 e. The number of aliphatic imine (C=N–C) groups is 1. The third-order valence-corrected chi connectivity index (χ3v) is 5.80. The van der Waals surface area contributed by atoms with Crippen LogP contribution in [0.4, 0.5) is 0 Å². The first-order valence-corrected chi connectivity index (χ1v) is 10.5. The molecule has 6 heteroatoms. The fourth-order valence-electron chi connectivity index (χ4n) is 4.39. The molecule has 1 atom stereocenters. The zero-order valence-electron chi connectivity index (χ0n) is 17.3. The molecule has 0 saturated heterocycles. The first-order chi connectivity index (χ1) is 14.2. The zero-order chi connectivity index (χ0) is 20.1. The molecule has 1 aliphatic heterocycles. The van der Waals surface area contributed by atoms with Crippen LogP contribution in [0.1, 0.15) is 56.2 Å². The van der Waals surface area contributed by atoms with Crippen molar-refractivity contribution in [2.75, 3.05) is 13.7 Å². The SMILES string of the molecule is CCNC(=NCc1ccnc(OC)c1)NC1CC2(CCCC2)Oc2ccccc21. The van der Waals surface area contributed by atoms with Gasteiger partial charge in [-0.25, -0.2) is 9.98 Å². The minimum atomic E-state index is -0.0399. The Hall–Kier alpha value is -2.76. The number of hydrogen-bond acceptors (Lipinski definition) is 4. The highest BCUT2D eigenvalue weighted by molar-refractivity contribution is 5.80. The van der Waals surface area contributed by atoms with Crippen LogP contribution in [0.3, 0.4) is 0 Å². The molecule has 1 unspecified atom stereocenters. The minimum absolute atomic E-state index is 0.0399. The van der Waals surface area contributed by atoms with Gasteiger partial charge in [-0.2, -0.15) is 0 Å². The quantitative estimate of drug-likeness (QED) is 0.593. The average molecular weight is 395 g/mol. The lowest BCUT2D eigenvalue weighted by Crippen LogP contribution is -2.46. The van der Waals surface area contributed by atoms with Crippen molar-refractivity contribution in [1.82, 2.24) is 15.6 Å². The van der Waals surface area contributed by atoms with Gasteiger partial charge in [-0.15, -0.1) is 0 Å². The molecule has 0 bridgehead atoms. The van der Waals surface area contributed by atoms with Crippen LogP contribution in [0.25, 0.3) is 0 Å². The van der Waals surface area contributed by atoms with Gasteiger partial charge in [-0.05, 0) is 50.3 Å². The summed E-state index contributed by atoms with van der Waals surface area (Å²) < 4.78 is 11.7. The number of fused-ring (bicyclic) bond motifs is 1. The van der Waals surface area contributed by atoms with Crippen LogP contribution in [0, 0.1) is 0 Å². The zero-order valence-corrected chi connectivity index (χ0v) is 17.3. The van der Waals surface area contributed by atoms with Gasteiger partial charge in [-0.3, -0.25) is 0 Å². The van der Waals surface area contributed by atoms with E-state index in [1.165, 1.54) is 18.4 Å². The molecule has 2 aliphatic rings. The second-order valence-electron chi connectivity index (χ2n) is 7.83. The number of guanidine groups is 1. The third kappa shape index (κ3) is 4.47. The van der Waals surface area contributed by atoms with Gasteiger partial charge >= 0.3 is 0 Å². The highest BCUT2D eigenvalue weighted by Crippen LogP contribution is 2.46. The molecule has 0 radical (unpaired) electrons. The van der Waals surface area contributed by atoms with E-state index < -0.39 is 0 Å². The van der Waals surface area contributed by atoms with Crippen LogP contribution in [-0.4, -0.2) is 30.2 Å². The highest BCUT2D eigenvalue weighted by atomic mass is 16.5. The molecular formula is C23H30N4O2. The van der Waals surface area contributed by atoms with Crippen LogP contribution in [0.5, 0.6) is 11.6 Å². The lowest BCUT2D eigenvalue weighted by Gasteiger charge is -2.40. The molecule has 6 nitrogen and oxygen atoms in total. The molecule has 2 N–H and O–H groups in total. The maximum absolute atomic E-state index is 6.49. The lowest BCUT2D eigenvalue weighted by atomic mass is 9.86. The monoisotopic (exact) mass is 394 g/mol. The van der Waals surface area contributed by atoms with Gasteiger partial charge in [0.1, 0.15) is 11.4 Å². The van der Waals surface area contributed by atoms with Crippen LogP contribution < -0.4 is 20.1 Å². The number of pyridine rings is 1. The Bertz CT molecular complexity index is 861. The predicted molar refractivity (Wildman–Crippen MR) is 114 cm³/mol. The number of benzene rings is 1. The van der Waals surface area contributed by atoms with Gasteiger partial charge in [0.2, 0.25) is 5.88 Å². The molecule has 1 aliphatic carbocycles. The summed E-state index contributed by atoms with van der Waals surface area (Å²) in [5.74, 6) is 2.43. The summed E-state index contributed by atoms with van der Waals surface area (Å²) >= 11 is 0. The Morgan fingerprint density at radius 2 is 2.10 bits per heavy atom. The molecule has 154 valence electrons. The number of hydrogen-bond donors (Lipinski definition) is 2. The smallest absolute Gasteiger partial charge is 0.213 e. The van der Waals surface area contributed by atoms with Crippen molar-refractivity contribution < 1.29 is 9.47 Å². The van der Waals surface area contributed by atoms with Gasteiger partial charge < -0.3 is 20.1 Å². The molecule has 2 aromatic rings. The van der Waals surface area contributed by atoms with Gasteiger partial charge in [0.15, 0.2) is 5.96 Å². The summed E-state index contributed by atoms with van der Waals surface area (Å²) in [6, 6.07) is 12.5. The van der Waals surface area contributed by atoms with Gasteiger partial charge in [-0.1, -0.05) is 18.2 Å². The molecule has 29 heavy (non-hydrogen) atoms. The molecule has 1 spiro atoms. The van der Waals surface area contributed by atoms with Crippen molar-refractivity contribution in [3.8, 4) is 11.6 Å². The Labute approximate surface area is 172 Å². The third-order valence-electron chi connectivity index (χ3n) is 5.80. The van der Waals surface area contributed by atoms with Crippen LogP contribution in [0.15, 0.2) is 47.6 Å². The fourth-order valence-corrected chi connectivity index (χ4v) is 4.39. The normalized spacial score (nSPS) is 20.1. The summed E-state index contributed by atoms with van der Waals surface area (Å²) in [4.78, 5) is 8.98. The Morgan fingerprint density at radius 3 is 2.90 bits per heavy atom. The van der Waals surface area contributed by atoms with Crippen molar-refractivity contribution in [3.63, 3.8) is 0 Å². The Morgan fingerprint density at radius 1 is 1.28 bits per heavy atom. The second kappa shape index (κ2) is 8.72. The number of ether oxygens (including phenoxy) is 2. The molecular weight excluding hydrogens is 364 g/mol. The number of methoxy groups -OCH3 is 1. The van der Waals surface area contributed by atoms with Crippen LogP contribution >= 0.6 is 0 Å². The Balaban J connectivity index is 1.55. The minimum Gasteiger partial charge on any atom is -0.487 e. The van der Waals surface area contributed by atoms with E-state index in [4.69, 9.17) is 14.5 Å². The van der Waals surface area contributed by atoms with Crippen molar-refractivity contribution in [2.24, 2.45) is 4.99 Å². The summed E-state index contributed by atoms with van der Waals surface area (Å²) in [6.07, 6.45) is 7.47. The van der Waals surface area contributed by atoms with E-state index in [1.807, 2.05) is 12.1 Å². The fraction of sp³-hybridized carbons (Fsp3) is 0.478. The average Bonchev–Trinajstić information content (AvgIpc) is 3.19. The van der Waals surface area contributed by atoms with E-state index in [9.17, 15) is 0 Å². The van der Waals surface area contributed by atoms with Crippen LogP contribution in [-0.2, 0) is 6.54 Å². The van der Waals surface area contributed by atoms with E-state index >= 15 is 0 Å². The maximum Gasteiger partial charge on any atom is 0.213 e. The number of nitrogens with one attached hydrogen (secondary N) is 2. The van der Waals surface area contributed by atoms with Crippen molar-refractivity contribution >= 4 is 5.96 Å².